The highest BCUT2D eigenvalue weighted by atomic mass is 16.5. The van der Waals surface area contributed by atoms with Crippen LogP contribution >= 0.6 is 0 Å². The minimum Gasteiger partial charge on any atom is -0.493 e. The van der Waals surface area contributed by atoms with Gasteiger partial charge in [0.15, 0.2) is 11.5 Å². The van der Waals surface area contributed by atoms with Crippen molar-refractivity contribution in [3.8, 4) is 23.0 Å². The van der Waals surface area contributed by atoms with E-state index in [2.05, 4.69) is 39.8 Å². The van der Waals surface area contributed by atoms with Crippen LogP contribution in [-0.2, 0) is 12.8 Å². The van der Waals surface area contributed by atoms with Crippen molar-refractivity contribution in [3.05, 3.63) is 104 Å². The highest BCUT2D eigenvalue weighted by Gasteiger charge is 2.47. The van der Waals surface area contributed by atoms with E-state index in [1.807, 2.05) is 60.7 Å². The minimum atomic E-state index is -0.500. The molecule has 0 amide bonds. The smallest absolute Gasteiger partial charge is 0.228 e. The fraction of sp³-hybridized carbons (Fsp3) is 0.415. The monoisotopic (exact) mass is 632 g/mol. The average molecular weight is 633 g/mol. The number of hydrogen-bond acceptors (Lipinski definition) is 6. The van der Waals surface area contributed by atoms with Gasteiger partial charge in [0.2, 0.25) is 10.9 Å². The summed E-state index contributed by atoms with van der Waals surface area (Å²) in [6, 6.07) is 19.2. The Morgan fingerprint density at radius 2 is 1.17 bits per heavy atom. The summed E-state index contributed by atoms with van der Waals surface area (Å²) < 4.78 is 25.5. The molecule has 4 atom stereocenters. The van der Waals surface area contributed by atoms with Crippen molar-refractivity contribution in [2.75, 3.05) is 14.2 Å². The molecule has 2 heterocycles. The molecule has 0 fully saturated rings. The van der Waals surface area contributed by atoms with E-state index in [0.29, 0.717) is 22.3 Å². The molecule has 3 aliphatic rings. The summed E-state index contributed by atoms with van der Waals surface area (Å²) in [6.45, 7) is 9.06. The molecule has 6 nitrogen and oxygen atoms in total. The number of hydrogen-bond donors (Lipinski definition) is 0. The van der Waals surface area contributed by atoms with Crippen LogP contribution in [0.2, 0.25) is 0 Å². The van der Waals surface area contributed by atoms with Gasteiger partial charge < -0.3 is 18.9 Å². The van der Waals surface area contributed by atoms with Crippen LogP contribution in [-0.4, -0.2) is 25.4 Å². The third-order valence-electron chi connectivity index (χ3n) is 11.1. The Labute approximate surface area is 276 Å². The molecule has 4 aromatic rings. The third-order valence-corrected chi connectivity index (χ3v) is 11.1. The average Bonchev–Trinajstić information content (AvgIpc) is 3.24. The number of ether oxygens (including phenoxy) is 4. The van der Waals surface area contributed by atoms with E-state index in [0.717, 1.165) is 71.9 Å². The summed E-state index contributed by atoms with van der Waals surface area (Å²) in [6.07, 6.45) is 9.52. The van der Waals surface area contributed by atoms with Gasteiger partial charge in [-0.3, -0.25) is 9.59 Å². The highest BCUT2D eigenvalue weighted by molar-refractivity contribution is 5.90. The van der Waals surface area contributed by atoms with E-state index in [9.17, 15) is 9.59 Å². The molecule has 0 N–H and O–H groups in total. The molecule has 0 bridgehead atoms. The van der Waals surface area contributed by atoms with E-state index < -0.39 is 11.2 Å². The van der Waals surface area contributed by atoms with E-state index in [1.54, 1.807) is 14.2 Å². The molecule has 0 radical (unpaired) electrons. The summed E-state index contributed by atoms with van der Waals surface area (Å²) in [5, 5.41) is 2.85. The molecule has 6 heteroatoms. The highest BCUT2D eigenvalue weighted by Crippen LogP contribution is 2.50. The Morgan fingerprint density at radius 1 is 0.681 bits per heavy atom. The second-order valence-corrected chi connectivity index (χ2v) is 14.9. The fourth-order valence-electron chi connectivity index (χ4n) is 8.33. The van der Waals surface area contributed by atoms with Crippen molar-refractivity contribution in [3.63, 3.8) is 0 Å². The van der Waals surface area contributed by atoms with Crippen molar-refractivity contribution in [2.24, 2.45) is 17.3 Å². The van der Waals surface area contributed by atoms with Crippen molar-refractivity contribution in [2.45, 2.75) is 77.4 Å². The molecule has 47 heavy (non-hydrogen) atoms. The zero-order valence-corrected chi connectivity index (χ0v) is 28.3. The SMILES string of the molecule is COc1cc2c(c3ccccc3c1=O)O[C@]1(C)C/C=C/C(C)(C)C[C@@H]3Cc4cc(OC)c(=O)c5ccccc5c4O[C@@]3(C)CC[C@H]1C2. The maximum Gasteiger partial charge on any atom is 0.228 e. The van der Waals surface area contributed by atoms with Gasteiger partial charge in [0.05, 0.1) is 14.2 Å². The van der Waals surface area contributed by atoms with Gasteiger partial charge in [-0.15, -0.1) is 0 Å². The first-order valence-corrected chi connectivity index (χ1v) is 16.8. The van der Waals surface area contributed by atoms with Crippen molar-refractivity contribution < 1.29 is 18.9 Å². The Hall–Kier alpha value is -4.32. The van der Waals surface area contributed by atoms with Gasteiger partial charge in [-0.05, 0) is 74.6 Å². The lowest BCUT2D eigenvalue weighted by Crippen LogP contribution is -2.49. The van der Waals surface area contributed by atoms with Crippen molar-refractivity contribution >= 4 is 21.5 Å². The van der Waals surface area contributed by atoms with E-state index in [4.69, 9.17) is 18.9 Å². The predicted octanol–water partition coefficient (Wildman–Crippen LogP) is 8.21. The fourth-order valence-corrected chi connectivity index (χ4v) is 8.33. The molecule has 4 aromatic carbocycles. The summed E-state index contributed by atoms with van der Waals surface area (Å²) in [5.41, 5.74) is 0.654. The molecule has 0 aromatic heterocycles. The number of benzene rings is 2. The van der Waals surface area contributed by atoms with Crippen LogP contribution in [0.3, 0.4) is 0 Å². The molecule has 2 aliphatic heterocycles. The van der Waals surface area contributed by atoms with Crippen LogP contribution in [0.15, 0.2) is 82.4 Å². The maximum absolute atomic E-state index is 13.5. The maximum atomic E-state index is 13.5. The molecule has 0 saturated heterocycles. The lowest BCUT2D eigenvalue weighted by molar-refractivity contribution is -0.0343. The number of methoxy groups -OCH3 is 2. The number of rotatable bonds is 2. The summed E-state index contributed by atoms with van der Waals surface area (Å²) in [5.74, 6) is 2.58. The summed E-state index contributed by atoms with van der Waals surface area (Å²) in [7, 11) is 3.11. The van der Waals surface area contributed by atoms with Gasteiger partial charge in [-0.25, -0.2) is 0 Å². The van der Waals surface area contributed by atoms with E-state index >= 15 is 0 Å². The largest absolute Gasteiger partial charge is 0.493 e. The van der Waals surface area contributed by atoms with Gasteiger partial charge in [-0.1, -0.05) is 74.5 Å². The first kappa shape index (κ1) is 31.3. The van der Waals surface area contributed by atoms with Crippen molar-refractivity contribution in [1.82, 2.24) is 0 Å². The van der Waals surface area contributed by atoms with E-state index in [-0.39, 0.29) is 28.1 Å². The quantitative estimate of drug-likeness (QED) is 0.208. The minimum absolute atomic E-state index is 0.105. The zero-order valence-electron chi connectivity index (χ0n) is 28.3. The van der Waals surface area contributed by atoms with Gasteiger partial charge in [0, 0.05) is 39.8 Å². The molecule has 0 spiro atoms. The molecule has 244 valence electrons. The lowest BCUT2D eigenvalue weighted by Gasteiger charge is -2.47. The van der Waals surface area contributed by atoms with Crippen LogP contribution < -0.4 is 29.8 Å². The number of fused-ring (bicyclic) bond motifs is 8. The van der Waals surface area contributed by atoms with Crippen molar-refractivity contribution in [1.29, 1.82) is 0 Å². The van der Waals surface area contributed by atoms with Gasteiger partial charge in [-0.2, -0.15) is 0 Å². The molecule has 0 unspecified atom stereocenters. The molecule has 0 saturated carbocycles. The van der Waals surface area contributed by atoms with Gasteiger partial charge >= 0.3 is 0 Å². The lowest BCUT2D eigenvalue weighted by atomic mass is 9.69. The Balaban J connectivity index is 1.36. The zero-order chi connectivity index (χ0) is 33.1. The Bertz CT molecular complexity index is 2050. The van der Waals surface area contributed by atoms with Crippen LogP contribution in [0.25, 0.3) is 21.5 Å². The second kappa shape index (κ2) is 11.4. The molecular weight excluding hydrogens is 588 g/mol. The van der Waals surface area contributed by atoms with Crippen LogP contribution in [0.1, 0.15) is 64.5 Å². The third kappa shape index (κ3) is 5.36. The summed E-state index contributed by atoms with van der Waals surface area (Å²) >= 11 is 0. The van der Waals surface area contributed by atoms with Gasteiger partial charge in [0.25, 0.3) is 0 Å². The standard InChI is InChI=1S/C41H44O6/c1-39(2)17-11-18-40(3)27(20-25-22-33(44-5)35(42)29-12-7-9-14-31(29)37(25)46-40)16-19-41(4)28(24-39)21-26-23-34(45-6)36(43)30-13-8-10-15-32(30)38(26)47-41/h7-15,17,22-23,27-28H,16,18-21,24H2,1-6H3/b17-11+/t27-,28-,40+,41-/m0/s1. The Kier molecular flexibility index (Phi) is 7.61. The molecule has 7 rings (SSSR count). The van der Waals surface area contributed by atoms with E-state index in [1.165, 1.54) is 0 Å². The van der Waals surface area contributed by atoms with Crippen LogP contribution in [0, 0.1) is 17.3 Å². The van der Waals surface area contributed by atoms with Gasteiger partial charge in [0.1, 0.15) is 22.7 Å². The topological polar surface area (TPSA) is 71.1 Å². The normalized spacial score (nSPS) is 27.0. The molecular formula is C41H44O6. The predicted molar refractivity (Wildman–Crippen MR) is 187 cm³/mol. The molecule has 1 aliphatic carbocycles. The second-order valence-electron chi connectivity index (χ2n) is 14.9. The van der Waals surface area contributed by atoms with Crippen LogP contribution in [0.4, 0.5) is 0 Å². The summed E-state index contributed by atoms with van der Waals surface area (Å²) in [4.78, 5) is 26.9. The first-order chi connectivity index (χ1) is 22.4. The Morgan fingerprint density at radius 3 is 1.70 bits per heavy atom. The first-order valence-electron chi connectivity index (χ1n) is 16.8. The number of allylic oxidation sites excluding steroid dienone is 1. The van der Waals surface area contributed by atoms with Crippen LogP contribution in [0.5, 0.6) is 23.0 Å².